The zero-order valence-corrected chi connectivity index (χ0v) is 12.0. The second kappa shape index (κ2) is 6.23. The molecule has 0 aromatic heterocycles. The van der Waals surface area contributed by atoms with Gasteiger partial charge in [0.05, 0.1) is 19.8 Å². The number of carbonyl (C=O) groups excluding carboxylic acids is 2. The molecular weight excluding hydrogens is 250 g/mol. The van der Waals surface area contributed by atoms with Crippen LogP contribution in [0.5, 0.6) is 0 Å². The molecule has 110 valence electrons. The number of β-amino-alcohol motifs (C(OH)–C–C–N with tert-alkyl or cyclic N) is 1. The Morgan fingerprint density at radius 3 is 2.53 bits per heavy atom. The average molecular weight is 273 g/mol. The number of methoxy groups -OCH3 is 1. The Labute approximate surface area is 113 Å². The maximum absolute atomic E-state index is 12.0. The lowest BCUT2D eigenvalue weighted by Crippen LogP contribution is -2.40. The summed E-state index contributed by atoms with van der Waals surface area (Å²) in [4.78, 5) is 24.6. The Kier molecular flexibility index (Phi) is 5.17. The Bertz CT molecular complexity index is 336. The quantitative estimate of drug-likeness (QED) is 0.785. The van der Waals surface area contributed by atoms with Crippen molar-refractivity contribution in [1.82, 2.24) is 4.90 Å². The van der Waals surface area contributed by atoms with Crippen molar-refractivity contribution in [3.05, 3.63) is 0 Å². The zero-order valence-electron chi connectivity index (χ0n) is 12.0. The van der Waals surface area contributed by atoms with Gasteiger partial charge in [0.2, 0.25) is 0 Å². The van der Waals surface area contributed by atoms with Gasteiger partial charge in [0.25, 0.3) is 0 Å². The van der Waals surface area contributed by atoms with Crippen molar-refractivity contribution in [2.45, 2.75) is 57.8 Å². The van der Waals surface area contributed by atoms with Crippen LogP contribution in [0.2, 0.25) is 0 Å². The number of ether oxygens (including phenoxy) is 2. The van der Waals surface area contributed by atoms with Crippen molar-refractivity contribution in [3.63, 3.8) is 0 Å². The minimum absolute atomic E-state index is 0.177. The molecule has 0 radical (unpaired) electrons. The summed E-state index contributed by atoms with van der Waals surface area (Å²) in [6, 6.07) is -0.177. The number of rotatable bonds is 3. The number of esters is 1. The lowest BCUT2D eigenvalue weighted by Gasteiger charge is -2.28. The summed E-state index contributed by atoms with van der Waals surface area (Å²) in [7, 11) is 1.33. The molecule has 1 amide bonds. The minimum atomic E-state index is -0.572. The molecule has 1 saturated heterocycles. The van der Waals surface area contributed by atoms with E-state index in [1.807, 2.05) is 0 Å². The highest BCUT2D eigenvalue weighted by Crippen LogP contribution is 2.24. The summed E-state index contributed by atoms with van der Waals surface area (Å²) in [5.41, 5.74) is -0.572. The van der Waals surface area contributed by atoms with E-state index in [0.717, 1.165) is 0 Å². The SMILES string of the molecule is COC(=O)CCC1C[C@@H](O)CN1C(=O)OC(C)(C)C. The number of hydrogen-bond donors (Lipinski definition) is 1. The van der Waals surface area contributed by atoms with E-state index in [4.69, 9.17) is 4.74 Å². The van der Waals surface area contributed by atoms with Gasteiger partial charge >= 0.3 is 12.1 Å². The van der Waals surface area contributed by atoms with E-state index in [1.165, 1.54) is 12.0 Å². The molecule has 1 unspecified atom stereocenters. The summed E-state index contributed by atoms with van der Waals surface area (Å²) in [5.74, 6) is -0.314. The van der Waals surface area contributed by atoms with Gasteiger partial charge in [-0.15, -0.1) is 0 Å². The van der Waals surface area contributed by atoms with Crippen LogP contribution < -0.4 is 0 Å². The van der Waals surface area contributed by atoms with Gasteiger partial charge in [-0.25, -0.2) is 4.79 Å². The van der Waals surface area contributed by atoms with Gasteiger partial charge in [0.15, 0.2) is 0 Å². The van der Waals surface area contributed by atoms with Crippen LogP contribution in [0.15, 0.2) is 0 Å². The van der Waals surface area contributed by atoms with Crippen LogP contribution >= 0.6 is 0 Å². The van der Waals surface area contributed by atoms with Crippen LogP contribution in [0.1, 0.15) is 40.0 Å². The predicted molar refractivity (Wildman–Crippen MR) is 68.6 cm³/mol. The molecule has 1 rings (SSSR count). The van der Waals surface area contributed by atoms with Crippen LogP contribution in [-0.4, -0.2) is 53.5 Å². The molecule has 1 aliphatic heterocycles. The predicted octanol–water partition coefficient (Wildman–Crippen LogP) is 1.31. The molecule has 1 heterocycles. The van der Waals surface area contributed by atoms with Gasteiger partial charge < -0.3 is 19.5 Å². The van der Waals surface area contributed by atoms with Crippen LogP contribution in [0, 0.1) is 0 Å². The lowest BCUT2D eigenvalue weighted by molar-refractivity contribution is -0.141. The number of carbonyl (C=O) groups is 2. The van der Waals surface area contributed by atoms with Gasteiger partial charge in [0, 0.05) is 12.5 Å². The number of amides is 1. The van der Waals surface area contributed by atoms with E-state index in [1.54, 1.807) is 20.8 Å². The highest BCUT2D eigenvalue weighted by atomic mass is 16.6. The fraction of sp³-hybridized carbons (Fsp3) is 0.846. The molecule has 0 saturated carbocycles. The molecule has 0 spiro atoms. The second-order valence-electron chi connectivity index (χ2n) is 5.79. The van der Waals surface area contributed by atoms with Crippen molar-refractivity contribution in [2.75, 3.05) is 13.7 Å². The highest BCUT2D eigenvalue weighted by molar-refractivity contribution is 5.70. The van der Waals surface area contributed by atoms with E-state index < -0.39 is 17.8 Å². The van der Waals surface area contributed by atoms with Crippen LogP contribution in [0.25, 0.3) is 0 Å². The number of aliphatic hydroxyl groups excluding tert-OH is 1. The van der Waals surface area contributed by atoms with Crippen molar-refractivity contribution in [3.8, 4) is 0 Å². The standard InChI is InChI=1S/C13H23NO5/c1-13(2,3)19-12(17)14-8-10(15)7-9(14)5-6-11(16)18-4/h9-10,15H,5-8H2,1-4H3/t9?,10-/m1/s1. The normalized spacial score (nSPS) is 23.3. The second-order valence-corrected chi connectivity index (χ2v) is 5.79. The maximum Gasteiger partial charge on any atom is 0.410 e. The van der Waals surface area contributed by atoms with Crippen LogP contribution in [0.3, 0.4) is 0 Å². The molecule has 0 aliphatic carbocycles. The molecule has 1 fully saturated rings. The third-order valence-electron chi connectivity index (χ3n) is 2.93. The Morgan fingerprint density at radius 1 is 1.37 bits per heavy atom. The van der Waals surface area contributed by atoms with Crippen molar-refractivity contribution in [1.29, 1.82) is 0 Å². The Hall–Kier alpha value is -1.30. The van der Waals surface area contributed by atoms with E-state index in [-0.39, 0.29) is 25.0 Å². The topological polar surface area (TPSA) is 76.1 Å². The molecule has 2 atom stereocenters. The first-order valence-electron chi connectivity index (χ1n) is 6.47. The number of nitrogens with zero attached hydrogens (tertiary/aromatic N) is 1. The van der Waals surface area contributed by atoms with E-state index in [0.29, 0.717) is 12.8 Å². The monoisotopic (exact) mass is 273 g/mol. The minimum Gasteiger partial charge on any atom is -0.469 e. The van der Waals surface area contributed by atoms with Gasteiger partial charge in [-0.3, -0.25) is 4.79 Å². The molecule has 0 aromatic carbocycles. The van der Waals surface area contributed by atoms with Crippen molar-refractivity contribution >= 4 is 12.1 Å². The highest BCUT2D eigenvalue weighted by Gasteiger charge is 2.36. The molecule has 0 bridgehead atoms. The number of hydrogen-bond acceptors (Lipinski definition) is 5. The molecule has 6 heteroatoms. The molecule has 19 heavy (non-hydrogen) atoms. The first-order chi connectivity index (χ1) is 8.73. The first-order valence-corrected chi connectivity index (χ1v) is 6.47. The molecule has 1 N–H and O–H groups in total. The van der Waals surface area contributed by atoms with Gasteiger partial charge in [0.1, 0.15) is 5.60 Å². The fourth-order valence-corrected chi connectivity index (χ4v) is 2.10. The summed E-state index contributed by atoms with van der Waals surface area (Å²) in [5, 5.41) is 9.67. The molecule has 0 aromatic rings. The van der Waals surface area contributed by atoms with Crippen LogP contribution in [0.4, 0.5) is 4.79 Å². The zero-order chi connectivity index (χ0) is 14.6. The maximum atomic E-state index is 12.0. The van der Waals surface area contributed by atoms with Gasteiger partial charge in [-0.05, 0) is 33.6 Å². The summed E-state index contributed by atoms with van der Waals surface area (Å²) >= 11 is 0. The van der Waals surface area contributed by atoms with E-state index in [9.17, 15) is 14.7 Å². The van der Waals surface area contributed by atoms with E-state index >= 15 is 0 Å². The average Bonchev–Trinajstić information content (AvgIpc) is 2.65. The smallest absolute Gasteiger partial charge is 0.410 e. The van der Waals surface area contributed by atoms with E-state index in [2.05, 4.69) is 4.74 Å². The van der Waals surface area contributed by atoms with Crippen LogP contribution in [-0.2, 0) is 14.3 Å². The third kappa shape index (κ3) is 5.06. The molecular formula is C13H23NO5. The van der Waals surface area contributed by atoms with Gasteiger partial charge in [-0.2, -0.15) is 0 Å². The third-order valence-corrected chi connectivity index (χ3v) is 2.93. The summed E-state index contributed by atoms with van der Waals surface area (Å²) < 4.78 is 9.87. The fourth-order valence-electron chi connectivity index (χ4n) is 2.10. The summed E-state index contributed by atoms with van der Waals surface area (Å²) in [6.07, 6.45) is 0.168. The van der Waals surface area contributed by atoms with Gasteiger partial charge in [-0.1, -0.05) is 0 Å². The number of likely N-dealkylation sites (tertiary alicyclic amines) is 1. The summed E-state index contributed by atoms with van der Waals surface area (Å²) in [6.45, 7) is 5.63. The number of aliphatic hydroxyl groups is 1. The van der Waals surface area contributed by atoms with Crippen molar-refractivity contribution in [2.24, 2.45) is 0 Å². The molecule has 6 nitrogen and oxygen atoms in total. The molecule has 1 aliphatic rings. The first kappa shape index (κ1) is 15.8. The Morgan fingerprint density at radius 2 is 2.00 bits per heavy atom. The lowest BCUT2D eigenvalue weighted by atomic mass is 10.1. The largest absolute Gasteiger partial charge is 0.469 e. The Balaban J connectivity index is 2.58. The van der Waals surface area contributed by atoms with Crippen molar-refractivity contribution < 1.29 is 24.2 Å².